The predicted molar refractivity (Wildman–Crippen MR) is 128 cm³/mol. The monoisotopic (exact) mass is 391 g/mol. The van der Waals surface area contributed by atoms with Crippen LogP contribution in [0.1, 0.15) is 16.7 Å². The lowest BCUT2D eigenvalue weighted by atomic mass is 10.1. The molecule has 0 aromatic heterocycles. The first-order valence-electron chi connectivity index (χ1n) is 10.1. The van der Waals surface area contributed by atoms with Crippen molar-refractivity contribution in [1.29, 1.82) is 0 Å². The summed E-state index contributed by atoms with van der Waals surface area (Å²) >= 11 is 0. The van der Waals surface area contributed by atoms with Crippen LogP contribution in [0, 0.1) is 6.92 Å². The Morgan fingerprint density at radius 3 is 1.87 bits per heavy atom. The smallest absolute Gasteiger partial charge is 0.0652 e. The van der Waals surface area contributed by atoms with Crippen LogP contribution in [0.5, 0.6) is 0 Å². The van der Waals surface area contributed by atoms with Gasteiger partial charge >= 0.3 is 0 Å². The number of hydrazone groups is 1. The summed E-state index contributed by atoms with van der Waals surface area (Å²) in [6.45, 7) is 2.92. The molecule has 4 aromatic carbocycles. The number of hydrogen-bond acceptors (Lipinski definition) is 3. The van der Waals surface area contributed by atoms with Gasteiger partial charge in [0.2, 0.25) is 0 Å². The first-order valence-corrected chi connectivity index (χ1v) is 10.1. The van der Waals surface area contributed by atoms with Crippen molar-refractivity contribution in [1.82, 2.24) is 0 Å². The van der Waals surface area contributed by atoms with Crippen LogP contribution in [0.3, 0.4) is 0 Å². The van der Waals surface area contributed by atoms with E-state index in [-0.39, 0.29) is 0 Å². The molecule has 0 saturated carbocycles. The highest BCUT2D eigenvalue weighted by Gasteiger charge is 2.07. The zero-order valence-corrected chi connectivity index (χ0v) is 17.1. The Morgan fingerprint density at radius 1 is 0.733 bits per heavy atom. The van der Waals surface area contributed by atoms with Crippen molar-refractivity contribution in [2.75, 3.05) is 10.3 Å². The second-order valence-corrected chi connectivity index (χ2v) is 7.14. The lowest BCUT2D eigenvalue weighted by molar-refractivity contribution is 1.09. The van der Waals surface area contributed by atoms with Gasteiger partial charge in [-0.2, -0.15) is 5.10 Å². The van der Waals surface area contributed by atoms with Crippen molar-refractivity contribution in [3.05, 3.63) is 126 Å². The van der Waals surface area contributed by atoms with Gasteiger partial charge < -0.3 is 5.32 Å². The van der Waals surface area contributed by atoms with Gasteiger partial charge in [-0.1, -0.05) is 72.8 Å². The van der Waals surface area contributed by atoms with Crippen LogP contribution in [0.4, 0.5) is 17.1 Å². The quantitative estimate of drug-likeness (QED) is 0.278. The number of aryl methyl sites for hydroxylation is 1. The van der Waals surface area contributed by atoms with Crippen LogP contribution in [-0.2, 0) is 6.54 Å². The average molecular weight is 392 g/mol. The van der Waals surface area contributed by atoms with Crippen molar-refractivity contribution < 1.29 is 0 Å². The fraction of sp³-hybridized carbons (Fsp3) is 0.0741. The third kappa shape index (κ3) is 4.95. The van der Waals surface area contributed by atoms with E-state index in [2.05, 4.69) is 79.0 Å². The maximum Gasteiger partial charge on any atom is 0.0652 e. The minimum atomic E-state index is 0.809. The van der Waals surface area contributed by atoms with Gasteiger partial charge in [0.05, 0.1) is 17.6 Å². The molecular formula is C27H25N3. The molecule has 1 N–H and O–H groups in total. The van der Waals surface area contributed by atoms with Gasteiger partial charge in [0.1, 0.15) is 0 Å². The fourth-order valence-corrected chi connectivity index (χ4v) is 3.27. The SMILES string of the molecule is Cc1cc(NCc2ccccc2)ccc1C=NN(c1ccccc1)c1ccccc1. The zero-order chi connectivity index (χ0) is 20.6. The second kappa shape index (κ2) is 9.57. The fourth-order valence-electron chi connectivity index (χ4n) is 3.27. The Kier molecular flexibility index (Phi) is 6.21. The van der Waals surface area contributed by atoms with Gasteiger partial charge in [-0.3, -0.25) is 0 Å². The molecule has 0 unspecified atom stereocenters. The average Bonchev–Trinajstić information content (AvgIpc) is 2.81. The summed E-state index contributed by atoms with van der Waals surface area (Å²) in [5.74, 6) is 0. The number of benzene rings is 4. The summed E-state index contributed by atoms with van der Waals surface area (Å²) < 4.78 is 0. The molecule has 0 heterocycles. The Morgan fingerprint density at radius 2 is 1.30 bits per heavy atom. The van der Waals surface area contributed by atoms with Crippen molar-refractivity contribution in [3.63, 3.8) is 0 Å². The minimum Gasteiger partial charge on any atom is -0.381 e. The van der Waals surface area contributed by atoms with Gasteiger partial charge in [-0.25, -0.2) is 5.01 Å². The van der Waals surface area contributed by atoms with Gasteiger partial charge in [0, 0.05) is 12.2 Å². The molecule has 4 rings (SSSR count). The Labute approximate surface area is 178 Å². The number of hydrogen-bond donors (Lipinski definition) is 1. The normalized spacial score (nSPS) is 10.8. The van der Waals surface area contributed by atoms with Crippen LogP contribution < -0.4 is 10.3 Å². The number of nitrogens with one attached hydrogen (secondary N) is 1. The molecule has 148 valence electrons. The van der Waals surface area contributed by atoms with Crippen molar-refractivity contribution in [3.8, 4) is 0 Å². The van der Waals surface area contributed by atoms with Crippen molar-refractivity contribution in [2.45, 2.75) is 13.5 Å². The molecule has 3 nitrogen and oxygen atoms in total. The summed E-state index contributed by atoms with van der Waals surface area (Å²) in [5.41, 5.74) is 6.70. The molecule has 0 radical (unpaired) electrons. The summed E-state index contributed by atoms with van der Waals surface area (Å²) in [5, 5.41) is 10.3. The molecule has 30 heavy (non-hydrogen) atoms. The molecule has 0 amide bonds. The van der Waals surface area contributed by atoms with Gasteiger partial charge in [0.15, 0.2) is 0 Å². The van der Waals surface area contributed by atoms with Crippen molar-refractivity contribution in [2.24, 2.45) is 5.10 Å². The highest BCUT2D eigenvalue weighted by molar-refractivity contribution is 5.84. The lowest BCUT2D eigenvalue weighted by Crippen LogP contribution is -2.09. The number of nitrogens with zero attached hydrogens (tertiary/aromatic N) is 2. The first-order chi connectivity index (χ1) is 14.8. The van der Waals surface area contributed by atoms with Crippen LogP contribution in [0.15, 0.2) is 114 Å². The zero-order valence-electron chi connectivity index (χ0n) is 17.1. The van der Waals surface area contributed by atoms with E-state index in [0.717, 1.165) is 29.2 Å². The number of anilines is 3. The third-order valence-electron chi connectivity index (χ3n) is 4.92. The highest BCUT2D eigenvalue weighted by Crippen LogP contribution is 2.25. The molecule has 0 saturated heterocycles. The van der Waals surface area contributed by atoms with E-state index in [9.17, 15) is 0 Å². The Hall–Kier alpha value is -3.85. The second-order valence-electron chi connectivity index (χ2n) is 7.14. The van der Waals surface area contributed by atoms with Crippen LogP contribution in [-0.4, -0.2) is 6.21 Å². The summed E-state index contributed by atoms with van der Waals surface area (Å²) in [7, 11) is 0. The first kappa shape index (κ1) is 19.5. The molecule has 0 aliphatic rings. The van der Waals surface area contributed by atoms with E-state index in [1.54, 1.807) is 0 Å². The summed E-state index contributed by atoms with van der Waals surface area (Å²) in [6.07, 6.45) is 1.93. The Bertz CT molecular complexity index is 1050. The molecule has 0 bridgehead atoms. The van der Waals surface area contributed by atoms with Gasteiger partial charge in [0.25, 0.3) is 0 Å². The van der Waals surface area contributed by atoms with Gasteiger partial charge in [-0.05, 0) is 60.0 Å². The highest BCUT2D eigenvalue weighted by atomic mass is 15.5. The predicted octanol–water partition coefficient (Wildman–Crippen LogP) is 6.78. The van der Waals surface area contributed by atoms with Crippen LogP contribution in [0.25, 0.3) is 0 Å². The molecule has 0 fully saturated rings. The number of rotatable bonds is 7. The maximum atomic E-state index is 4.81. The maximum absolute atomic E-state index is 4.81. The Balaban J connectivity index is 1.53. The van der Waals surface area contributed by atoms with Crippen molar-refractivity contribution >= 4 is 23.3 Å². The lowest BCUT2D eigenvalue weighted by Gasteiger charge is -2.19. The largest absolute Gasteiger partial charge is 0.381 e. The third-order valence-corrected chi connectivity index (χ3v) is 4.92. The molecule has 3 heteroatoms. The van der Waals surface area contributed by atoms with Crippen LogP contribution >= 0.6 is 0 Å². The minimum absolute atomic E-state index is 0.809. The standard InChI is InChI=1S/C27H25N3/c1-22-19-25(28-20-23-11-5-2-6-12-23)18-17-24(22)21-29-30(26-13-7-3-8-14-26)27-15-9-4-10-16-27/h2-19,21,28H,20H2,1H3. The topological polar surface area (TPSA) is 27.6 Å². The van der Waals surface area contributed by atoms with E-state index in [0.29, 0.717) is 0 Å². The molecule has 0 spiro atoms. The summed E-state index contributed by atoms with van der Waals surface area (Å²) in [4.78, 5) is 0. The van der Waals surface area contributed by atoms with E-state index in [1.807, 2.05) is 53.7 Å². The van der Waals surface area contributed by atoms with Crippen LogP contribution in [0.2, 0.25) is 0 Å². The van der Waals surface area contributed by atoms with E-state index in [1.165, 1.54) is 11.1 Å². The van der Waals surface area contributed by atoms with E-state index >= 15 is 0 Å². The van der Waals surface area contributed by atoms with E-state index in [4.69, 9.17) is 5.10 Å². The molecule has 0 atom stereocenters. The van der Waals surface area contributed by atoms with Gasteiger partial charge in [-0.15, -0.1) is 0 Å². The molecule has 0 aliphatic heterocycles. The molecule has 4 aromatic rings. The molecule has 0 aliphatic carbocycles. The van der Waals surface area contributed by atoms with E-state index < -0.39 is 0 Å². The molecular weight excluding hydrogens is 366 g/mol. The summed E-state index contributed by atoms with van der Waals surface area (Å²) in [6, 6.07) is 37.2. The number of para-hydroxylation sites is 2.